The maximum Gasteiger partial charge on any atom is 0.490 e. The molecule has 2 aromatic heterocycles. The molecule has 0 spiro atoms. The number of rotatable bonds is 4. The van der Waals surface area contributed by atoms with Gasteiger partial charge in [0.15, 0.2) is 0 Å². The molecule has 3 N–H and O–H groups in total. The summed E-state index contributed by atoms with van der Waals surface area (Å²) >= 11 is 0. The van der Waals surface area contributed by atoms with E-state index >= 15 is 0 Å². The average molecular weight is 358 g/mol. The highest BCUT2D eigenvalue weighted by Gasteiger charge is 2.19. The first kappa shape index (κ1) is 18.1. The Morgan fingerprint density at radius 2 is 2.04 bits per heavy atom. The third-order valence-corrected chi connectivity index (χ3v) is 4.07. The van der Waals surface area contributed by atoms with Crippen molar-refractivity contribution in [3.05, 3.63) is 46.5 Å². The Hall–Kier alpha value is -2.69. The van der Waals surface area contributed by atoms with Crippen molar-refractivity contribution in [2.45, 2.75) is 0 Å². The Morgan fingerprint density at radius 1 is 1.31 bits per heavy atom. The van der Waals surface area contributed by atoms with Crippen molar-refractivity contribution < 1.29 is 19.6 Å². The van der Waals surface area contributed by atoms with Gasteiger partial charge in [-0.05, 0) is 18.2 Å². The maximum absolute atomic E-state index is 12.4. The summed E-state index contributed by atoms with van der Waals surface area (Å²) in [6.07, 6.45) is 2.78. The molecule has 136 valence electrons. The number of pyridine rings is 2. The van der Waals surface area contributed by atoms with Gasteiger partial charge in [0.25, 0.3) is 11.5 Å². The fourth-order valence-electron chi connectivity index (χ4n) is 2.65. The van der Waals surface area contributed by atoms with E-state index in [2.05, 4.69) is 10.3 Å². The van der Waals surface area contributed by atoms with E-state index in [4.69, 9.17) is 4.74 Å². The van der Waals surface area contributed by atoms with Crippen LogP contribution in [0.5, 0.6) is 0 Å². The molecule has 3 rings (SSSR count). The van der Waals surface area contributed by atoms with Crippen molar-refractivity contribution in [2.24, 2.45) is 7.05 Å². The number of nitrogens with zero attached hydrogens (tertiary/aromatic N) is 3. The molecule has 26 heavy (non-hydrogen) atoms. The standard InChI is InChI=1S/C16H19BN4O5/c1-20-10-12(17(24)25)8-13(16(20)23)19-14-3-2-11(9-18-14)15(22)21-4-6-26-7-5-21/h2-3,8-10,24-25H,4-7H2,1H3,(H,18,19). The van der Waals surface area contributed by atoms with Gasteiger partial charge < -0.3 is 29.6 Å². The summed E-state index contributed by atoms with van der Waals surface area (Å²) in [5.41, 5.74) is 0.432. The molecule has 1 saturated heterocycles. The number of anilines is 2. The molecule has 0 aliphatic carbocycles. The molecule has 0 saturated carbocycles. The molecule has 1 aliphatic rings. The molecule has 3 heterocycles. The average Bonchev–Trinajstić information content (AvgIpc) is 2.66. The molecule has 0 unspecified atom stereocenters. The van der Waals surface area contributed by atoms with Crippen molar-refractivity contribution in [3.63, 3.8) is 0 Å². The molecule has 10 heteroatoms. The molecular formula is C16H19BN4O5. The molecule has 0 aromatic carbocycles. The van der Waals surface area contributed by atoms with E-state index in [1.807, 2.05) is 0 Å². The van der Waals surface area contributed by atoms with Gasteiger partial charge in [-0.2, -0.15) is 0 Å². The van der Waals surface area contributed by atoms with Crippen molar-refractivity contribution >= 4 is 30.0 Å². The molecule has 0 bridgehead atoms. The second-order valence-electron chi connectivity index (χ2n) is 5.94. The number of amides is 1. The van der Waals surface area contributed by atoms with Gasteiger partial charge in [0, 0.05) is 38.0 Å². The van der Waals surface area contributed by atoms with Gasteiger partial charge in [0.1, 0.15) is 11.5 Å². The number of nitrogens with one attached hydrogen (secondary N) is 1. The molecule has 0 radical (unpaired) electrons. The Bertz CT molecular complexity index is 847. The van der Waals surface area contributed by atoms with Gasteiger partial charge in [0.2, 0.25) is 0 Å². The molecule has 2 aromatic rings. The van der Waals surface area contributed by atoms with Gasteiger partial charge in [-0.15, -0.1) is 0 Å². The summed E-state index contributed by atoms with van der Waals surface area (Å²) in [4.78, 5) is 30.4. The quantitative estimate of drug-likeness (QED) is 0.580. The monoisotopic (exact) mass is 358 g/mol. The fourth-order valence-corrected chi connectivity index (χ4v) is 2.65. The predicted octanol–water partition coefficient (Wildman–Crippen LogP) is -1.32. The van der Waals surface area contributed by atoms with E-state index in [1.54, 1.807) is 17.0 Å². The van der Waals surface area contributed by atoms with Gasteiger partial charge in [-0.3, -0.25) is 9.59 Å². The Morgan fingerprint density at radius 3 is 2.65 bits per heavy atom. The highest BCUT2D eigenvalue weighted by molar-refractivity contribution is 6.58. The van der Waals surface area contributed by atoms with Crippen molar-refractivity contribution in [1.29, 1.82) is 0 Å². The van der Waals surface area contributed by atoms with E-state index < -0.39 is 7.12 Å². The summed E-state index contributed by atoms with van der Waals surface area (Å²) in [6.45, 7) is 2.14. The topological polar surface area (TPSA) is 117 Å². The molecule has 1 amide bonds. The van der Waals surface area contributed by atoms with Crippen LogP contribution in [0, 0.1) is 0 Å². The first-order chi connectivity index (χ1) is 12.5. The Balaban J connectivity index is 1.77. The van der Waals surface area contributed by atoms with Gasteiger partial charge >= 0.3 is 7.12 Å². The van der Waals surface area contributed by atoms with E-state index in [-0.39, 0.29) is 22.6 Å². The summed E-state index contributed by atoms with van der Waals surface area (Å²) in [5, 5.41) is 21.4. The predicted molar refractivity (Wildman–Crippen MR) is 95.8 cm³/mol. The SMILES string of the molecule is Cn1cc(B(O)O)cc(Nc2ccc(C(=O)N3CCOCC3)cn2)c1=O. The number of aromatic nitrogens is 2. The van der Waals surface area contributed by atoms with Crippen LogP contribution in [-0.4, -0.2) is 63.8 Å². The van der Waals surface area contributed by atoms with E-state index in [0.717, 1.165) is 0 Å². The Labute approximate surface area is 150 Å². The van der Waals surface area contributed by atoms with Crippen molar-refractivity contribution in [1.82, 2.24) is 14.5 Å². The number of carbonyl (C=O) groups is 1. The molecular weight excluding hydrogens is 339 g/mol. The number of morpholine rings is 1. The zero-order valence-corrected chi connectivity index (χ0v) is 14.3. The lowest BCUT2D eigenvalue weighted by Gasteiger charge is -2.26. The first-order valence-corrected chi connectivity index (χ1v) is 8.12. The third kappa shape index (κ3) is 3.93. The van der Waals surface area contributed by atoms with Crippen LogP contribution in [0.1, 0.15) is 10.4 Å². The highest BCUT2D eigenvalue weighted by Crippen LogP contribution is 2.12. The number of hydrogen-bond donors (Lipinski definition) is 3. The maximum atomic E-state index is 12.4. The summed E-state index contributed by atoms with van der Waals surface area (Å²) < 4.78 is 6.48. The summed E-state index contributed by atoms with van der Waals surface area (Å²) in [7, 11) is -0.180. The zero-order valence-electron chi connectivity index (χ0n) is 14.3. The largest absolute Gasteiger partial charge is 0.490 e. The van der Waals surface area contributed by atoms with Gasteiger partial charge in [-0.1, -0.05) is 0 Å². The van der Waals surface area contributed by atoms with Crippen LogP contribution < -0.4 is 16.3 Å². The van der Waals surface area contributed by atoms with Crippen LogP contribution in [0.2, 0.25) is 0 Å². The van der Waals surface area contributed by atoms with Crippen LogP contribution >= 0.6 is 0 Å². The highest BCUT2D eigenvalue weighted by atomic mass is 16.5. The fraction of sp³-hybridized carbons (Fsp3) is 0.312. The normalized spacial score (nSPS) is 14.2. The minimum Gasteiger partial charge on any atom is -0.423 e. The number of carbonyl (C=O) groups excluding carboxylic acids is 1. The zero-order chi connectivity index (χ0) is 18.7. The summed E-state index contributed by atoms with van der Waals surface area (Å²) in [5.74, 6) is 0.249. The number of hydrogen-bond acceptors (Lipinski definition) is 7. The van der Waals surface area contributed by atoms with Crippen molar-refractivity contribution in [2.75, 3.05) is 31.6 Å². The third-order valence-electron chi connectivity index (χ3n) is 4.07. The number of ether oxygens (including phenoxy) is 1. The minimum atomic E-state index is -1.69. The Kier molecular flexibility index (Phi) is 5.36. The molecule has 9 nitrogen and oxygen atoms in total. The van der Waals surface area contributed by atoms with Gasteiger partial charge in [0.05, 0.1) is 18.8 Å². The summed E-state index contributed by atoms with van der Waals surface area (Å²) in [6, 6.07) is 4.57. The molecule has 1 fully saturated rings. The van der Waals surface area contributed by atoms with E-state index in [1.165, 1.54) is 30.1 Å². The second-order valence-corrected chi connectivity index (χ2v) is 5.94. The van der Waals surface area contributed by atoms with Crippen LogP contribution in [-0.2, 0) is 11.8 Å². The molecule has 1 aliphatic heterocycles. The van der Waals surface area contributed by atoms with E-state index in [9.17, 15) is 19.6 Å². The van der Waals surface area contributed by atoms with Crippen LogP contribution in [0.15, 0.2) is 35.4 Å². The lowest BCUT2D eigenvalue weighted by molar-refractivity contribution is 0.0302. The smallest absolute Gasteiger partial charge is 0.423 e. The second kappa shape index (κ2) is 7.69. The van der Waals surface area contributed by atoms with Crippen molar-refractivity contribution in [3.8, 4) is 0 Å². The van der Waals surface area contributed by atoms with Crippen LogP contribution in [0.4, 0.5) is 11.5 Å². The minimum absolute atomic E-state index is 0.117. The lowest BCUT2D eigenvalue weighted by Crippen LogP contribution is -2.40. The van der Waals surface area contributed by atoms with Crippen LogP contribution in [0.3, 0.4) is 0 Å². The van der Waals surface area contributed by atoms with E-state index in [0.29, 0.717) is 37.7 Å². The molecule has 0 atom stereocenters. The number of aryl methyl sites for hydroxylation is 1. The van der Waals surface area contributed by atoms with Gasteiger partial charge in [-0.25, -0.2) is 4.98 Å². The first-order valence-electron chi connectivity index (χ1n) is 8.12. The lowest BCUT2D eigenvalue weighted by atomic mass is 9.81. The van der Waals surface area contributed by atoms with Crippen LogP contribution in [0.25, 0.3) is 0 Å².